The zero-order chi connectivity index (χ0) is 20.3. The minimum atomic E-state index is -0.880. The van der Waals surface area contributed by atoms with Gasteiger partial charge in [-0.15, -0.1) is 11.3 Å². The van der Waals surface area contributed by atoms with Gasteiger partial charge in [-0.1, -0.05) is 6.07 Å². The van der Waals surface area contributed by atoms with Gasteiger partial charge in [-0.2, -0.15) is 0 Å². The Hall–Kier alpha value is -3.73. The van der Waals surface area contributed by atoms with Gasteiger partial charge in [0.25, 0.3) is 17.2 Å². The molecule has 0 radical (unpaired) electrons. The Morgan fingerprint density at radius 2 is 2.14 bits per heavy atom. The number of anilines is 1. The molecule has 0 saturated carbocycles. The fourth-order valence-corrected chi connectivity index (χ4v) is 3.15. The molecule has 0 aliphatic carbocycles. The number of hydrogen-bond donors (Lipinski definition) is 2. The highest BCUT2D eigenvalue weighted by Gasteiger charge is 2.21. The first kappa shape index (κ1) is 19.0. The van der Waals surface area contributed by atoms with E-state index in [9.17, 15) is 24.5 Å². The van der Waals surface area contributed by atoms with Crippen LogP contribution in [-0.2, 0) is 6.54 Å². The van der Waals surface area contributed by atoms with Gasteiger partial charge in [-0.25, -0.2) is 4.79 Å². The maximum atomic E-state index is 12.6. The van der Waals surface area contributed by atoms with Crippen LogP contribution in [0.4, 0.5) is 11.4 Å². The van der Waals surface area contributed by atoms with Gasteiger partial charge in [-0.05, 0) is 23.6 Å². The molecule has 144 valence electrons. The van der Waals surface area contributed by atoms with Crippen LogP contribution >= 0.6 is 11.3 Å². The molecule has 0 atom stereocenters. The fraction of sp³-hybridized carbons (Fsp3) is 0.118. The smallest absolute Gasteiger partial charge is 0.328 e. The third kappa shape index (κ3) is 3.83. The second-order valence-corrected chi connectivity index (χ2v) is 6.60. The summed E-state index contributed by atoms with van der Waals surface area (Å²) >= 11 is 1.36. The van der Waals surface area contributed by atoms with Gasteiger partial charge >= 0.3 is 5.69 Å². The number of nitrogens with one attached hydrogen (secondary N) is 2. The molecule has 0 spiro atoms. The molecule has 3 rings (SSSR count). The number of H-pyrrole nitrogens is 1. The molecule has 2 aromatic heterocycles. The molecule has 1 amide bonds. The maximum absolute atomic E-state index is 12.6. The molecule has 0 saturated heterocycles. The summed E-state index contributed by atoms with van der Waals surface area (Å²) in [5.41, 5.74) is -2.31. The number of amides is 1. The normalized spacial score (nSPS) is 10.5. The van der Waals surface area contributed by atoms with E-state index in [1.807, 2.05) is 0 Å². The van der Waals surface area contributed by atoms with Crippen LogP contribution in [0.3, 0.4) is 0 Å². The molecule has 2 N–H and O–H groups in total. The number of nitro benzene ring substituents is 1. The summed E-state index contributed by atoms with van der Waals surface area (Å²) in [6.45, 7) is 0.00956. The van der Waals surface area contributed by atoms with Crippen molar-refractivity contribution in [2.45, 2.75) is 6.54 Å². The van der Waals surface area contributed by atoms with Crippen molar-refractivity contribution in [2.75, 3.05) is 12.4 Å². The highest BCUT2D eigenvalue weighted by Crippen LogP contribution is 2.29. The minimum Gasteiger partial charge on any atom is -0.496 e. The second-order valence-electron chi connectivity index (χ2n) is 5.57. The van der Waals surface area contributed by atoms with E-state index >= 15 is 0 Å². The number of aromatic amines is 1. The van der Waals surface area contributed by atoms with Crippen LogP contribution in [0.5, 0.6) is 5.75 Å². The van der Waals surface area contributed by atoms with E-state index < -0.39 is 27.8 Å². The number of thiophene rings is 1. The van der Waals surface area contributed by atoms with Crippen LogP contribution in [0.2, 0.25) is 0 Å². The first-order valence-electron chi connectivity index (χ1n) is 7.89. The molecule has 2 heterocycles. The second kappa shape index (κ2) is 7.88. The summed E-state index contributed by atoms with van der Waals surface area (Å²) in [6, 6.07) is 7.41. The lowest BCUT2D eigenvalue weighted by molar-refractivity contribution is -0.384. The molecular weight excluding hydrogens is 388 g/mol. The summed E-state index contributed by atoms with van der Waals surface area (Å²) in [5.74, 6) is -0.638. The SMILES string of the molecule is COc1ccc(NC(=O)c2c[nH]c(=O)n(Cc3cccs3)c2=O)c([N+](=O)[O-])c1. The molecule has 0 bridgehead atoms. The number of hydrogen-bond acceptors (Lipinski definition) is 7. The molecule has 10 nitrogen and oxygen atoms in total. The monoisotopic (exact) mass is 402 g/mol. The number of benzene rings is 1. The number of methoxy groups -OCH3 is 1. The van der Waals surface area contributed by atoms with Crippen molar-refractivity contribution >= 4 is 28.6 Å². The molecule has 0 fully saturated rings. The number of carbonyl (C=O) groups excluding carboxylic acids is 1. The van der Waals surface area contributed by atoms with Crippen LogP contribution in [0.15, 0.2) is 51.5 Å². The molecule has 28 heavy (non-hydrogen) atoms. The van der Waals surface area contributed by atoms with Crippen molar-refractivity contribution < 1.29 is 14.5 Å². The lowest BCUT2D eigenvalue weighted by atomic mass is 10.2. The number of rotatable bonds is 6. The molecular formula is C17H14N4O6S. The number of carbonyl (C=O) groups is 1. The quantitative estimate of drug-likeness (QED) is 0.477. The third-order valence-corrected chi connectivity index (χ3v) is 4.71. The van der Waals surface area contributed by atoms with E-state index in [-0.39, 0.29) is 23.5 Å². The Labute approximate surface area is 161 Å². The van der Waals surface area contributed by atoms with E-state index in [1.165, 1.54) is 30.6 Å². The molecule has 1 aromatic carbocycles. The van der Waals surface area contributed by atoms with E-state index in [0.717, 1.165) is 21.7 Å². The predicted octanol–water partition coefficient (Wildman–Crippen LogP) is 1.82. The molecule has 11 heteroatoms. The van der Waals surface area contributed by atoms with Crippen LogP contribution in [0, 0.1) is 10.1 Å². The summed E-state index contributed by atoms with van der Waals surface area (Å²) in [4.78, 5) is 50.8. The van der Waals surface area contributed by atoms with E-state index in [1.54, 1.807) is 17.5 Å². The third-order valence-electron chi connectivity index (χ3n) is 3.85. The van der Waals surface area contributed by atoms with Crippen molar-refractivity contribution in [3.63, 3.8) is 0 Å². The standard InChI is InChI=1S/C17H14N4O6S/c1-27-10-4-5-13(14(7-10)21(25)26)19-15(22)12-8-18-17(24)20(16(12)23)9-11-3-2-6-28-11/h2-8H,9H2,1H3,(H,18,24)(H,19,22). The van der Waals surface area contributed by atoms with Gasteiger partial charge in [-0.3, -0.25) is 24.3 Å². The lowest BCUT2D eigenvalue weighted by Gasteiger charge is -2.09. The summed E-state index contributed by atoms with van der Waals surface area (Å²) in [7, 11) is 1.35. The van der Waals surface area contributed by atoms with Crippen molar-refractivity contribution in [3.05, 3.63) is 83.3 Å². The van der Waals surface area contributed by atoms with Gasteiger partial charge in [0.05, 0.1) is 24.6 Å². The number of ether oxygens (including phenoxy) is 1. The lowest BCUT2D eigenvalue weighted by Crippen LogP contribution is -2.39. The average molecular weight is 402 g/mol. The number of aromatic nitrogens is 2. The predicted molar refractivity (Wildman–Crippen MR) is 102 cm³/mol. The Bertz CT molecular complexity index is 1150. The summed E-state index contributed by atoms with van der Waals surface area (Å²) in [6.07, 6.45) is 0.986. The summed E-state index contributed by atoms with van der Waals surface area (Å²) in [5, 5.41) is 15.4. The fourth-order valence-electron chi connectivity index (χ4n) is 2.46. The Kier molecular flexibility index (Phi) is 5.36. The van der Waals surface area contributed by atoms with Crippen molar-refractivity contribution in [1.29, 1.82) is 0 Å². The van der Waals surface area contributed by atoms with E-state index in [2.05, 4.69) is 10.3 Å². The Morgan fingerprint density at radius 1 is 1.36 bits per heavy atom. The Morgan fingerprint density at radius 3 is 2.79 bits per heavy atom. The first-order chi connectivity index (χ1) is 13.4. The van der Waals surface area contributed by atoms with E-state index in [4.69, 9.17) is 4.74 Å². The first-order valence-corrected chi connectivity index (χ1v) is 8.77. The maximum Gasteiger partial charge on any atom is 0.328 e. The highest BCUT2D eigenvalue weighted by molar-refractivity contribution is 7.09. The van der Waals surface area contributed by atoms with Crippen molar-refractivity contribution in [1.82, 2.24) is 9.55 Å². The van der Waals surface area contributed by atoms with Gasteiger partial charge in [0.15, 0.2) is 0 Å². The van der Waals surface area contributed by atoms with Crippen molar-refractivity contribution in [3.8, 4) is 5.75 Å². The zero-order valence-corrected chi connectivity index (χ0v) is 15.3. The zero-order valence-electron chi connectivity index (χ0n) is 14.5. The van der Waals surface area contributed by atoms with Crippen LogP contribution in [0.1, 0.15) is 15.2 Å². The summed E-state index contributed by atoms with van der Waals surface area (Å²) < 4.78 is 5.83. The molecule has 0 aliphatic heterocycles. The highest BCUT2D eigenvalue weighted by atomic mass is 32.1. The van der Waals surface area contributed by atoms with E-state index in [0.29, 0.717) is 0 Å². The molecule has 3 aromatic rings. The van der Waals surface area contributed by atoms with Gasteiger partial charge in [0.2, 0.25) is 0 Å². The molecule has 0 unspecified atom stereocenters. The largest absolute Gasteiger partial charge is 0.496 e. The number of nitrogens with zero attached hydrogens (tertiary/aromatic N) is 2. The van der Waals surface area contributed by atoms with Crippen LogP contribution in [-0.4, -0.2) is 27.5 Å². The van der Waals surface area contributed by atoms with Gasteiger partial charge in [0, 0.05) is 11.1 Å². The van der Waals surface area contributed by atoms with Crippen molar-refractivity contribution in [2.24, 2.45) is 0 Å². The average Bonchev–Trinajstić information content (AvgIpc) is 3.18. The number of nitro groups is 1. The Balaban J connectivity index is 1.95. The minimum absolute atomic E-state index is 0.00956. The van der Waals surface area contributed by atoms with Crippen LogP contribution < -0.4 is 21.3 Å². The van der Waals surface area contributed by atoms with Gasteiger partial charge in [0.1, 0.15) is 17.0 Å². The van der Waals surface area contributed by atoms with Crippen LogP contribution in [0.25, 0.3) is 0 Å². The van der Waals surface area contributed by atoms with Gasteiger partial charge < -0.3 is 15.0 Å². The topological polar surface area (TPSA) is 136 Å². The molecule has 0 aliphatic rings.